The van der Waals surface area contributed by atoms with E-state index in [0.717, 1.165) is 22.3 Å². The van der Waals surface area contributed by atoms with E-state index in [9.17, 15) is 9.59 Å². The van der Waals surface area contributed by atoms with E-state index in [2.05, 4.69) is 30.5 Å². The molecule has 11 nitrogen and oxygen atoms in total. The molecule has 0 fully saturated rings. The van der Waals surface area contributed by atoms with Gasteiger partial charge in [0.25, 0.3) is 11.5 Å². The first kappa shape index (κ1) is 28.4. The lowest BCUT2D eigenvalue weighted by Gasteiger charge is -2.23. The van der Waals surface area contributed by atoms with Gasteiger partial charge in [-0.15, -0.1) is 5.10 Å². The molecule has 0 saturated heterocycles. The summed E-state index contributed by atoms with van der Waals surface area (Å²) < 4.78 is 3.22. The van der Waals surface area contributed by atoms with Gasteiger partial charge in [-0.3, -0.25) is 24.1 Å². The molecule has 0 atom stereocenters. The van der Waals surface area contributed by atoms with E-state index in [4.69, 9.17) is 0 Å². The van der Waals surface area contributed by atoms with E-state index < -0.39 is 0 Å². The number of amides is 1. The molecular formula is C35H27N9O2. The van der Waals surface area contributed by atoms with Crippen molar-refractivity contribution in [1.82, 2.24) is 39.7 Å². The van der Waals surface area contributed by atoms with Crippen molar-refractivity contribution in [3.8, 4) is 22.5 Å². The first-order valence-electron chi connectivity index (χ1n) is 14.6. The molecule has 0 radical (unpaired) electrons. The van der Waals surface area contributed by atoms with Gasteiger partial charge in [-0.1, -0.05) is 54.6 Å². The second-order valence-electron chi connectivity index (χ2n) is 10.7. The molecule has 0 aliphatic rings. The van der Waals surface area contributed by atoms with Crippen molar-refractivity contribution in [2.24, 2.45) is 7.05 Å². The summed E-state index contributed by atoms with van der Waals surface area (Å²) >= 11 is 0. The minimum atomic E-state index is -0.228. The number of aromatic nitrogens is 8. The molecule has 46 heavy (non-hydrogen) atoms. The van der Waals surface area contributed by atoms with Gasteiger partial charge in [0.1, 0.15) is 0 Å². The SMILES string of the molecule is Cn1nnnc1-c1ccccc1-c1ccc(Cn2cnc3ccc(N(Cc4ccccn4)C(=O)c4ccncc4)cc3c2=O)cc1. The lowest BCUT2D eigenvalue weighted by Crippen LogP contribution is -2.31. The van der Waals surface area contributed by atoms with Gasteiger partial charge in [-0.25, -0.2) is 9.67 Å². The minimum Gasteiger partial charge on any atom is -0.302 e. The van der Waals surface area contributed by atoms with Crippen LogP contribution in [0.25, 0.3) is 33.4 Å². The van der Waals surface area contributed by atoms with Gasteiger partial charge in [-0.05, 0) is 69.6 Å². The van der Waals surface area contributed by atoms with Crippen LogP contribution in [0.2, 0.25) is 0 Å². The topological polar surface area (TPSA) is 125 Å². The summed E-state index contributed by atoms with van der Waals surface area (Å²) in [6, 6.07) is 30.2. The molecular weight excluding hydrogens is 578 g/mol. The third-order valence-corrected chi connectivity index (χ3v) is 7.74. The summed E-state index contributed by atoms with van der Waals surface area (Å²) in [6.45, 7) is 0.555. The fourth-order valence-electron chi connectivity index (χ4n) is 5.39. The Morgan fingerprint density at radius 3 is 2.35 bits per heavy atom. The zero-order valence-electron chi connectivity index (χ0n) is 24.8. The van der Waals surface area contributed by atoms with Crippen molar-refractivity contribution >= 4 is 22.5 Å². The largest absolute Gasteiger partial charge is 0.302 e. The summed E-state index contributed by atoms with van der Waals surface area (Å²) in [5.41, 5.74) is 5.97. The number of hydrogen-bond donors (Lipinski definition) is 0. The number of pyridine rings is 2. The molecule has 3 aromatic carbocycles. The van der Waals surface area contributed by atoms with E-state index in [1.165, 1.54) is 0 Å². The molecule has 0 aliphatic carbocycles. The highest BCUT2D eigenvalue weighted by molar-refractivity contribution is 6.06. The Morgan fingerprint density at radius 1 is 0.826 bits per heavy atom. The second kappa shape index (κ2) is 12.3. The summed E-state index contributed by atoms with van der Waals surface area (Å²) in [5, 5.41) is 12.3. The van der Waals surface area contributed by atoms with Crippen LogP contribution in [0.4, 0.5) is 5.69 Å². The van der Waals surface area contributed by atoms with Crippen molar-refractivity contribution in [3.05, 3.63) is 149 Å². The molecule has 7 rings (SSSR count). The van der Waals surface area contributed by atoms with Gasteiger partial charge >= 0.3 is 0 Å². The van der Waals surface area contributed by atoms with Crippen molar-refractivity contribution in [1.29, 1.82) is 0 Å². The number of nitrogens with zero attached hydrogens (tertiary/aromatic N) is 9. The van der Waals surface area contributed by atoms with Gasteiger partial charge in [0.2, 0.25) is 0 Å². The zero-order chi connectivity index (χ0) is 31.5. The molecule has 1 amide bonds. The number of tetrazole rings is 1. The van der Waals surface area contributed by atoms with Crippen molar-refractivity contribution in [2.45, 2.75) is 13.1 Å². The molecule has 0 N–H and O–H groups in total. The van der Waals surface area contributed by atoms with E-state index >= 15 is 0 Å². The zero-order valence-corrected chi connectivity index (χ0v) is 24.8. The molecule has 7 aromatic rings. The van der Waals surface area contributed by atoms with E-state index in [-0.39, 0.29) is 18.0 Å². The Labute approximate surface area is 263 Å². The summed E-state index contributed by atoms with van der Waals surface area (Å²) in [5.74, 6) is 0.447. The Balaban J connectivity index is 1.20. The number of benzene rings is 3. The maximum Gasteiger partial charge on any atom is 0.261 e. The monoisotopic (exact) mass is 605 g/mol. The van der Waals surface area contributed by atoms with Gasteiger partial charge < -0.3 is 4.90 Å². The van der Waals surface area contributed by atoms with E-state index in [1.807, 2.05) is 73.8 Å². The molecule has 0 bridgehead atoms. The summed E-state index contributed by atoms with van der Waals surface area (Å²) in [7, 11) is 1.81. The van der Waals surface area contributed by atoms with Crippen molar-refractivity contribution < 1.29 is 4.79 Å². The summed E-state index contributed by atoms with van der Waals surface area (Å²) in [4.78, 5) is 42.1. The highest BCUT2D eigenvalue weighted by Crippen LogP contribution is 2.30. The number of carbonyl (C=O) groups is 1. The number of hydrogen-bond acceptors (Lipinski definition) is 8. The third kappa shape index (κ3) is 5.64. The van der Waals surface area contributed by atoms with Gasteiger partial charge in [0, 0.05) is 42.5 Å². The van der Waals surface area contributed by atoms with Crippen LogP contribution in [0.3, 0.4) is 0 Å². The Kier molecular flexibility index (Phi) is 7.61. The first-order valence-corrected chi connectivity index (χ1v) is 14.6. The Morgan fingerprint density at radius 2 is 1.61 bits per heavy atom. The van der Waals surface area contributed by atoms with E-state index in [0.29, 0.717) is 40.2 Å². The predicted molar refractivity (Wildman–Crippen MR) is 174 cm³/mol. The Bertz CT molecular complexity index is 2210. The Hall–Kier alpha value is -6.36. The molecule has 4 aromatic heterocycles. The fourth-order valence-corrected chi connectivity index (χ4v) is 5.39. The van der Waals surface area contributed by atoms with Crippen LogP contribution >= 0.6 is 0 Å². The maximum atomic E-state index is 13.8. The van der Waals surface area contributed by atoms with Crippen molar-refractivity contribution in [3.63, 3.8) is 0 Å². The van der Waals surface area contributed by atoms with Crippen LogP contribution in [0.1, 0.15) is 21.6 Å². The van der Waals surface area contributed by atoms with Crippen LogP contribution < -0.4 is 10.5 Å². The molecule has 0 unspecified atom stereocenters. The van der Waals surface area contributed by atoms with Crippen LogP contribution in [0.5, 0.6) is 0 Å². The van der Waals surface area contributed by atoms with E-state index in [1.54, 1.807) is 69.4 Å². The highest BCUT2D eigenvalue weighted by atomic mass is 16.2. The summed E-state index contributed by atoms with van der Waals surface area (Å²) in [6.07, 6.45) is 6.41. The smallest absolute Gasteiger partial charge is 0.261 e. The fraction of sp³-hybridized carbons (Fsp3) is 0.0857. The molecule has 11 heteroatoms. The average Bonchev–Trinajstić information content (AvgIpc) is 3.54. The molecule has 4 heterocycles. The normalized spacial score (nSPS) is 11.1. The molecule has 0 spiro atoms. The molecule has 0 saturated carbocycles. The number of carbonyl (C=O) groups excluding carboxylic acids is 1. The minimum absolute atomic E-state index is 0.204. The standard InChI is InChI=1S/C35H27N9O2/c1-42-33(39-40-41-42)30-8-3-2-7-29(30)25-11-9-24(10-12-25)21-43-23-38-32-14-13-28(20-31(32)35(43)46)44(22-27-6-4-5-17-37-27)34(45)26-15-18-36-19-16-26/h2-20,23H,21-22H2,1H3. The van der Waals surface area contributed by atoms with Crippen LogP contribution in [0, 0.1) is 0 Å². The number of anilines is 1. The van der Waals surface area contributed by atoms with Crippen LogP contribution in [-0.2, 0) is 20.1 Å². The second-order valence-corrected chi connectivity index (χ2v) is 10.7. The average molecular weight is 606 g/mol. The quantitative estimate of drug-likeness (QED) is 0.239. The van der Waals surface area contributed by atoms with Crippen molar-refractivity contribution in [2.75, 3.05) is 4.90 Å². The maximum absolute atomic E-state index is 13.8. The predicted octanol–water partition coefficient (Wildman–Crippen LogP) is 4.94. The first-order chi connectivity index (χ1) is 22.5. The molecule has 0 aliphatic heterocycles. The van der Waals surface area contributed by atoms with Crippen LogP contribution in [0.15, 0.2) is 127 Å². The van der Waals surface area contributed by atoms with Gasteiger partial charge in [0.05, 0.1) is 36.0 Å². The number of aryl methyl sites for hydroxylation is 1. The van der Waals surface area contributed by atoms with Gasteiger partial charge in [0.15, 0.2) is 5.82 Å². The third-order valence-electron chi connectivity index (χ3n) is 7.74. The lowest BCUT2D eigenvalue weighted by molar-refractivity contribution is 0.0984. The highest BCUT2D eigenvalue weighted by Gasteiger charge is 2.20. The number of rotatable bonds is 8. The molecule has 224 valence electrons. The van der Waals surface area contributed by atoms with Crippen LogP contribution in [-0.4, -0.2) is 45.6 Å². The van der Waals surface area contributed by atoms with Gasteiger partial charge in [-0.2, -0.15) is 0 Å². The lowest BCUT2D eigenvalue weighted by atomic mass is 9.98. The number of fused-ring (bicyclic) bond motifs is 1.